The van der Waals surface area contributed by atoms with Crippen LogP contribution in [-0.4, -0.2) is 34.7 Å². The summed E-state index contributed by atoms with van der Waals surface area (Å²) in [6.07, 6.45) is 0.952. The molecule has 1 aliphatic rings. The molecule has 1 N–H and O–H groups in total. The predicted molar refractivity (Wildman–Crippen MR) is 111 cm³/mol. The van der Waals surface area contributed by atoms with Crippen molar-refractivity contribution in [3.63, 3.8) is 0 Å². The van der Waals surface area contributed by atoms with Crippen molar-refractivity contribution >= 4 is 17.6 Å². The molecule has 1 atom stereocenters. The number of para-hydroxylation sites is 1. The van der Waals surface area contributed by atoms with E-state index in [0.717, 1.165) is 35.2 Å². The van der Waals surface area contributed by atoms with Crippen molar-refractivity contribution in [3.8, 4) is 11.3 Å². The van der Waals surface area contributed by atoms with Gasteiger partial charge in [0.15, 0.2) is 6.10 Å². The molecule has 0 saturated heterocycles. The van der Waals surface area contributed by atoms with E-state index in [0.29, 0.717) is 12.2 Å². The van der Waals surface area contributed by atoms with Crippen molar-refractivity contribution < 1.29 is 14.3 Å². The Labute approximate surface area is 169 Å². The SMILES string of the molecule is Cc1ccc(-c2cc(C(=O)OC(C)C(=O)N3CCCc4ccccc43)[nH]n2)cc1. The summed E-state index contributed by atoms with van der Waals surface area (Å²) in [4.78, 5) is 27.1. The summed E-state index contributed by atoms with van der Waals surface area (Å²) in [5, 5.41) is 6.90. The number of rotatable bonds is 4. The van der Waals surface area contributed by atoms with Gasteiger partial charge in [0.1, 0.15) is 5.69 Å². The number of esters is 1. The highest BCUT2D eigenvalue weighted by molar-refractivity contribution is 5.99. The van der Waals surface area contributed by atoms with Crippen molar-refractivity contribution in [2.75, 3.05) is 11.4 Å². The number of ether oxygens (including phenoxy) is 1. The van der Waals surface area contributed by atoms with E-state index in [1.54, 1.807) is 17.9 Å². The van der Waals surface area contributed by atoms with Gasteiger partial charge in [0, 0.05) is 17.8 Å². The molecule has 1 aromatic heterocycles. The average molecular weight is 389 g/mol. The van der Waals surface area contributed by atoms with Crippen LogP contribution in [0.4, 0.5) is 5.69 Å². The van der Waals surface area contributed by atoms with Gasteiger partial charge >= 0.3 is 5.97 Å². The minimum atomic E-state index is -0.889. The second-order valence-electron chi connectivity index (χ2n) is 7.30. The van der Waals surface area contributed by atoms with Gasteiger partial charge in [0.2, 0.25) is 0 Å². The summed E-state index contributed by atoms with van der Waals surface area (Å²) in [5.74, 6) is -0.814. The van der Waals surface area contributed by atoms with Gasteiger partial charge in [-0.05, 0) is 44.4 Å². The molecule has 0 bridgehead atoms. The van der Waals surface area contributed by atoms with Crippen molar-refractivity contribution in [1.82, 2.24) is 10.2 Å². The van der Waals surface area contributed by atoms with Crippen molar-refractivity contribution in [2.45, 2.75) is 32.8 Å². The summed E-state index contributed by atoms with van der Waals surface area (Å²) in [6.45, 7) is 4.24. The first-order chi connectivity index (χ1) is 14.0. The van der Waals surface area contributed by atoms with Gasteiger partial charge in [0.05, 0.1) is 5.69 Å². The summed E-state index contributed by atoms with van der Waals surface area (Å²) in [7, 11) is 0. The quantitative estimate of drug-likeness (QED) is 0.687. The van der Waals surface area contributed by atoms with Crippen molar-refractivity contribution in [2.24, 2.45) is 0 Å². The van der Waals surface area contributed by atoms with Crippen LogP contribution < -0.4 is 4.90 Å². The average Bonchev–Trinajstić information content (AvgIpc) is 3.23. The number of carbonyl (C=O) groups is 2. The van der Waals surface area contributed by atoms with E-state index in [4.69, 9.17) is 4.74 Å². The number of amides is 1. The number of hydrogen-bond donors (Lipinski definition) is 1. The zero-order chi connectivity index (χ0) is 20.4. The maximum Gasteiger partial charge on any atom is 0.357 e. The van der Waals surface area contributed by atoms with E-state index in [2.05, 4.69) is 10.2 Å². The van der Waals surface area contributed by atoms with Gasteiger partial charge in [0.25, 0.3) is 5.91 Å². The molecule has 0 saturated carbocycles. The Morgan fingerprint density at radius 2 is 1.90 bits per heavy atom. The van der Waals surface area contributed by atoms with Gasteiger partial charge in [-0.25, -0.2) is 4.79 Å². The largest absolute Gasteiger partial charge is 0.448 e. The van der Waals surface area contributed by atoms with Gasteiger partial charge in [-0.3, -0.25) is 9.89 Å². The number of fused-ring (bicyclic) bond motifs is 1. The van der Waals surface area contributed by atoms with Crippen LogP contribution in [0, 0.1) is 6.92 Å². The number of benzene rings is 2. The van der Waals surface area contributed by atoms with Crippen LogP contribution >= 0.6 is 0 Å². The number of carbonyl (C=O) groups excluding carboxylic acids is 2. The van der Waals surface area contributed by atoms with E-state index in [1.165, 1.54) is 0 Å². The first-order valence-electron chi connectivity index (χ1n) is 9.75. The second-order valence-corrected chi connectivity index (χ2v) is 7.30. The lowest BCUT2D eigenvalue weighted by atomic mass is 10.0. The lowest BCUT2D eigenvalue weighted by Gasteiger charge is -2.31. The molecule has 6 heteroatoms. The molecule has 148 valence electrons. The van der Waals surface area contributed by atoms with Crippen LogP contribution in [0.3, 0.4) is 0 Å². The second kappa shape index (κ2) is 7.91. The summed E-state index contributed by atoms with van der Waals surface area (Å²) < 4.78 is 5.43. The number of hydrogen-bond acceptors (Lipinski definition) is 4. The molecule has 2 aromatic carbocycles. The number of aryl methyl sites for hydroxylation is 2. The van der Waals surface area contributed by atoms with Gasteiger partial charge in [-0.1, -0.05) is 48.0 Å². The molecular weight excluding hydrogens is 366 g/mol. The third-order valence-electron chi connectivity index (χ3n) is 5.15. The molecule has 29 heavy (non-hydrogen) atoms. The monoisotopic (exact) mass is 389 g/mol. The molecule has 1 aliphatic heterocycles. The molecule has 4 rings (SSSR count). The number of H-pyrrole nitrogens is 1. The summed E-state index contributed by atoms with van der Waals surface area (Å²) >= 11 is 0. The molecule has 2 heterocycles. The maximum atomic E-state index is 12.9. The Morgan fingerprint density at radius 1 is 1.14 bits per heavy atom. The smallest absolute Gasteiger partial charge is 0.357 e. The Kier molecular flexibility index (Phi) is 5.16. The van der Waals surface area contributed by atoms with E-state index < -0.39 is 12.1 Å². The van der Waals surface area contributed by atoms with Crippen LogP contribution in [0.2, 0.25) is 0 Å². The van der Waals surface area contributed by atoms with Crippen LogP contribution in [0.5, 0.6) is 0 Å². The Hall–Kier alpha value is -3.41. The first-order valence-corrected chi connectivity index (χ1v) is 9.75. The van der Waals surface area contributed by atoms with Crippen LogP contribution in [0.1, 0.15) is 35.0 Å². The van der Waals surface area contributed by atoms with E-state index in [1.807, 2.05) is 55.5 Å². The van der Waals surface area contributed by atoms with Crippen LogP contribution in [0.15, 0.2) is 54.6 Å². The standard InChI is InChI=1S/C23H23N3O3/c1-15-9-11-17(12-10-15)19-14-20(25-24-19)23(28)29-16(2)22(27)26-13-5-7-18-6-3-4-8-21(18)26/h3-4,6,8-12,14,16H,5,7,13H2,1-2H3,(H,24,25). The highest BCUT2D eigenvalue weighted by Crippen LogP contribution is 2.27. The fourth-order valence-electron chi connectivity index (χ4n) is 3.55. The highest BCUT2D eigenvalue weighted by Gasteiger charge is 2.29. The minimum absolute atomic E-state index is 0.219. The lowest BCUT2D eigenvalue weighted by molar-refractivity contribution is -0.126. The predicted octanol–water partition coefficient (Wildman–Crippen LogP) is 3.91. The van der Waals surface area contributed by atoms with Crippen LogP contribution in [-0.2, 0) is 16.0 Å². The molecule has 1 amide bonds. The van der Waals surface area contributed by atoms with Gasteiger partial charge in [-0.2, -0.15) is 5.10 Å². The highest BCUT2D eigenvalue weighted by atomic mass is 16.5. The fraction of sp³-hybridized carbons (Fsp3) is 0.261. The van der Waals surface area contributed by atoms with Gasteiger partial charge in [-0.15, -0.1) is 0 Å². The molecular formula is C23H23N3O3. The number of aromatic amines is 1. The molecule has 6 nitrogen and oxygen atoms in total. The molecule has 0 fully saturated rings. The fourth-order valence-corrected chi connectivity index (χ4v) is 3.55. The lowest BCUT2D eigenvalue weighted by Crippen LogP contribution is -2.42. The van der Waals surface area contributed by atoms with Crippen molar-refractivity contribution in [3.05, 3.63) is 71.4 Å². The van der Waals surface area contributed by atoms with E-state index in [9.17, 15) is 9.59 Å². The van der Waals surface area contributed by atoms with Crippen molar-refractivity contribution in [1.29, 1.82) is 0 Å². The van der Waals surface area contributed by atoms with E-state index >= 15 is 0 Å². The minimum Gasteiger partial charge on any atom is -0.448 e. The normalized spacial score (nSPS) is 14.2. The Balaban J connectivity index is 1.45. The third-order valence-corrected chi connectivity index (χ3v) is 5.15. The van der Waals surface area contributed by atoms with Crippen LogP contribution in [0.25, 0.3) is 11.3 Å². The maximum absolute atomic E-state index is 12.9. The molecule has 0 radical (unpaired) electrons. The number of aromatic nitrogens is 2. The number of anilines is 1. The topological polar surface area (TPSA) is 75.3 Å². The Bertz CT molecular complexity index is 1040. The number of nitrogens with one attached hydrogen (secondary N) is 1. The first kappa shape index (κ1) is 18.9. The van der Waals surface area contributed by atoms with E-state index in [-0.39, 0.29) is 11.6 Å². The molecule has 1 unspecified atom stereocenters. The third kappa shape index (κ3) is 3.92. The summed E-state index contributed by atoms with van der Waals surface area (Å²) in [5.41, 5.74) is 4.97. The molecule has 3 aromatic rings. The molecule has 0 spiro atoms. The zero-order valence-corrected chi connectivity index (χ0v) is 16.5. The van der Waals surface area contributed by atoms with Gasteiger partial charge < -0.3 is 9.64 Å². The Morgan fingerprint density at radius 3 is 2.69 bits per heavy atom. The zero-order valence-electron chi connectivity index (χ0n) is 16.5. The molecule has 0 aliphatic carbocycles. The number of nitrogens with zero attached hydrogens (tertiary/aromatic N) is 2. The summed E-state index contributed by atoms with van der Waals surface area (Å²) in [6, 6.07) is 17.4.